The smallest absolute Gasteiger partial charge is 0.228 e. The van der Waals surface area contributed by atoms with Gasteiger partial charge in [-0.15, -0.1) is 12.4 Å². The molecule has 0 aliphatic heterocycles. The van der Waals surface area contributed by atoms with Gasteiger partial charge in [-0.3, -0.25) is 4.79 Å². The number of benzene rings is 1. The Hall–Kier alpha value is -1.92. The molecule has 2 aromatic rings. The highest BCUT2D eigenvalue weighted by atomic mass is 35.5. The normalized spacial score (nSPS) is 10.4. The van der Waals surface area contributed by atoms with Crippen LogP contribution in [0.1, 0.15) is 31.7 Å². The summed E-state index contributed by atoms with van der Waals surface area (Å²) >= 11 is 0. The average Bonchev–Trinajstić information content (AvgIpc) is 2.95. The van der Waals surface area contributed by atoms with Gasteiger partial charge in [0.25, 0.3) is 0 Å². The first-order valence-electron chi connectivity index (χ1n) is 7.47. The first-order valence-corrected chi connectivity index (χ1v) is 7.47. The lowest BCUT2D eigenvalue weighted by atomic mass is 10.1. The Kier molecular flexibility index (Phi) is 7.71. The van der Waals surface area contributed by atoms with Crippen LogP contribution in [0.2, 0.25) is 0 Å². The van der Waals surface area contributed by atoms with E-state index in [0.717, 1.165) is 11.1 Å². The summed E-state index contributed by atoms with van der Waals surface area (Å²) in [7, 11) is 0. The number of hydrogen-bond donors (Lipinski definition) is 2. The molecule has 0 radical (unpaired) electrons. The lowest BCUT2D eigenvalue weighted by Gasteiger charge is -2.05. The van der Waals surface area contributed by atoms with E-state index in [-0.39, 0.29) is 18.3 Å². The quantitative estimate of drug-likeness (QED) is 0.808. The molecule has 126 valence electrons. The fraction of sp³-hybridized carbons (Fsp3) is 0.438. The molecule has 1 heterocycles. The van der Waals surface area contributed by atoms with Crippen LogP contribution in [-0.2, 0) is 17.8 Å². The molecule has 1 aromatic heterocycles. The van der Waals surface area contributed by atoms with Crippen LogP contribution in [0.5, 0.6) is 0 Å². The number of carbonyl (C=O) groups excluding carboxylic acids is 1. The molecule has 6 nitrogen and oxygen atoms in total. The summed E-state index contributed by atoms with van der Waals surface area (Å²) in [5.74, 6) is 1.47. The van der Waals surface area contributed by atoms with Gasteiger partial charge in [-0.2, -0.15) is 4.98 Å². The molecule has 7 heteroatoms. The third-order valence-electron chi connectivity index (χ3n) is 3.17. The molecular weight excluding hydrogens is 316 g/mol. The molecule has 23 heavy (non-hydrogen) atoms. The van der Waals surface area contributed by atoms with Gasteiger partial charge in [0.2, 0.25) is 17.6 Å². The van der Waals surface area contributed by atoms with E-state index < -0.39 is 0 Å². The van der Waals surface area contributed by atoms with Crippen molar-refractivity contribution in [1.29, 1.82) is 0 Å². The van der Waals surface area contributed by atoms with E-state index in [0.29, 0.717) is 43.6 Å². The minimum absolute atomic E-state index is 0. The van der Waals surface area contributed by atoms with Crippen molar-refractivity contribution < 1.29 is 9.32 Å². The molecule has 0 aliphatic carbocycles. The molecule has 2 rings (SSSR count). The Labute approximate surface area is 142 Å². The minimum Gasteiger partial charge on any atom is -0.356 e. The van der Waals surface area contributed by atoms with Gasteiger partial charge < -0.3 is 15.6 Å². The lowest BCUT2D eigenvalue weighted by Crippen LogP contribution is -2.26. The summed E-state index contributed by atoms with van der Waals surface area (Å²) in [6, 6.07) is 7.72. The van der Waals surface area contributed by atoms with Gasteiger partial charge in [0.15, 0.2) is 0 Å². The summed E-state index contributed by atoms with van der Waals surface area (Å²) in [6.07, 6.45) is 1.06. The van der Waals surface area contributed by atoms with E-state index in [4.69, 9.17) is 10.3 Å². The number of hydrogen-bond acceptors (Lipinski definition) is 5. The first kappa shape index (κ1) is 19.1. The Morgan fingerprint density at radius 1 is 1.30 bits per heavy atom. The number of carbonyl (C=O) groups is 1. The first-order chi connectivity index (χ1) is 10.6. The van der Waals surface area contributed by atoms with Gasteiger partial charge >= 0.3 is 0 Å². The molecule has 0 saturated heterocycles. The Bertz CT molecular complexity index is 611. The fourth-order valence-corrected chi connectivity index (χ4v) is 2.02. The van der Waals surface area contributed by atoms with Crippen molar-refractivity contribution in [2.24, 2.45) is 11.7 Å². The molecule has 0 fully saturated rings. The second-order valence-electron chi connectivity index (χ2n) is 5.61. The molecule has 1 aromatic carbocycles. The zero-order valence-corrected chi connectivity index (χ0v) is 14.2. The number of halogens is 1. The van der Waals surface area contributed by atoms with E-state index in [1.807, 2.05) is 38.1 Å². The fourth-order valence-electron chi connectivity index (χ4n) is 2.02. The van der Waals surface area contributed by atoms with Crippen LogP contribution < -0.4 is 11.1 Å². The monoisotopic (exact) mass is 338 g/mol. The van der Waals surface area contributed by atoms with Crippen LogP contribution in [0, 0.1) is 5.92 Å². The van der Waals surface area contributed by atoms with Crippen LogP contribution in [-0.4, -0.2) is 22.6 Å². The molecule has 0 unspecified atom stereocenters. The highest BCUT2D eigenvalue weighted by Gasteiger charge is 2.09. The number of nitrogens with two attached hydrogens (primary N) is 1. The third kappa shape index (κ3) is 6.00. The second kappa shape index (κ2) is 9.27. The molecule has 0 atom stereocenters. The maximum absolute atomic E-state index is 11.5. The van der Waals surface area contributed by atoms with E-state index in [1.54, 1.807) is 0 Å². The summed E-state index contributed by atoms with van der Waals surface area (Å²) < 4.78 is 5.20. The van der Waals surface area contributed by atoms with Crippen LogP contribution in [0.15, 0.2) is 28.8 Å². The van der Waals surface area contributed by atoms with Crippen molar-refractivity contribution in [3.05, 3.63) is 35.7 Å². The maximum atomic E-state index is 11.5. The maximum Gasteiger partial charge on any atom is 0.228 e. The number of nitrogens with zero attached hydrogens (tertiary/aromatic N) is 2. The topological polar surface area (TPSA) is 94.0 Å². The molecule has 3 N–H and O–H groups in total. The number of aromatic nitrogens is 2. The Morgan fingerprint density at radius 3 is 2.61 bits per heavy atom. The lowest BCUT2D eigenvalue weighted by molar-refractivity contribution is -0.121. The molecule has 0 saturated carbocycles. The van der Waals surface area contributed by atoms with Gasteiger partial charge in [-0.1, -0.05) is 43.3 Å². The zero-order valence-electron chi connectivity index (χ0n) is 13.4. The van der Waals surface area contributed by atoms with Gasteiger partial charge in [-0.05, 0) is 11.5 Å². The third-order valence-corrected chi connectivity index (χ3v) is 3.17. The van der Waals surface area contributed by atoms with Crippen molar-refractivity contribution in [2.75, 3.05) is 6.54 Å². The van der Waals surface area contributed by atoms with Gasteiger partial charge in [-0.25, -0.2) is 0 Å². The molecule has 0 bridgehead atoms. The zero-order chi connectivity index (χ0) is 15.9. The number of amides is 1. The van der Waals surface area contributed by atoms with Gasteiger partial charge in [0.05, 0.1) is 0 Å². The summed E-state index contributed by atoms with van der Waals surface area (Å²) in [6.45, 7) is 5.03. The van der Waals surface area contributed by atoms with Crippen molar-refractivity contribution in [3.8, 4) is 11.4 Å². The van der Waals surface area contributed by atoms with Gasteiger partial charge in [0.1, 0.15) is 0 Å². The predicted molar refractivity (Wildman–Crippen MR) is 91.0 cm³/mol. The standard InChI is InChI=1S/C16H22N4O2.ClH/c1-11(2)9-14(21)18-8-7-15-19-16(20-22-15)13-5-3-12(10-17)4-6-13;/h3-6,11H,7-10,17H2,1-2H3,(H,18,21);1H. The average molecular weight is 339 g/mol. The Morgan fingerprint density at radius 2 is 2.00 bits per heavy atom. The van der Waals surface area contributed by atoms with Gasteiger partial charge in [0, 0.05) is 31.5 Å². The molecule has 1 amide bonds. The van der Waals surface area contributed by atoms with Crippen molar-refractivity contribution in [3.63, 3.8) is 0 Å². The second-order valence-corrected chi connectivity index (χ2v) is 5.61. The van der Waals surface area contributed by atoms with Crippen molar-refractivity contribution in [2.45, 2.75) is 33.2 Å². The number of rotatable bonds is 7. The van der Waals surface area contributed by atoms with E-state index in [2.05, 4.69) is 15.5 Å². The highest BCUT2D eigenvalue weighted by Crippen LogP contribution is 2.16. The van der Waals surface area contributed by atoms with Crippen molar-refractivity contribution >= 4 is 18.3 Å². The van der Waals surface area contributed by atoms with Crippen LogP contribution in [0.4, 0.5) is 0 Å². The molecular formula is C16H23ClN4O2. The molecule has 0 aliphatic rings. The van der Waals surface area contributed by atoms with Crippen LogP contribution in [0.3, 0.4) is 0 Å². The van der Waals surface area contributed by atoms with Crippen LogP contribution >= 0.6 is 12.4 Å². The SMILES string of the molecule is CC(C)CC(=O)NCCc1nc(-c2ccc(CN)cc2)no1.Cl. The summed E-state index contributed by atoms with van der Waals surface area (Å²) in [5.41, 5.74) is 7.51. The highest BCUT2D eigenvalue weighted by molar-refractivity contribution is 5.85. The van der Waals surface area contributed by atoms with E-state index in [1.165, 1.54) is 0 Å². The summed E-state index contributed by atoms with van der Waals surface area (Å²) in [4.78, 5) is 15.9. The minimum atomic E-state index is 0. The van der Waals surface area contributed by atoms with E-state index >= 15 is 0 Å². The Balaban J connectivity index is 0.00000264. The largest absolute Gasteiger partial charge is 0.356 e. The predicted octanol–water partition coefficient (Wildman–Crippen LogP) is 2.32. The van der Waals surface area contributed by atoms with E-state index in [9.17, 15) is 4.79 Å². The van der Waals surface area contributed by atoms with Crippen molar-refractivity contribution in [1.82, 2.24) is 15.5 Å². The number of nitrogens with one attached hydrogen (secondary N) is 1. The van der Waals surface area contributed by atoms with Crippen LogP contribution in [0.25, 0.3) is 11.4 Å². The molecule has 0 spiro atoms. The summed E-state index contributed by atoms with van der Waals surface area (Å²) in [5, 5.41) is 6.80.